The van der Waals surface area contributed by atoms with Gasteiger partial charge in [-0.1, -0.05) is 12.1 Å². The minimum Gasteiger partial charge on any atom is -0.324 e. The second-order valence-corrected chi connectivity index (χ2v) is 3.68. The monoisotopic (exact) mass is 190 g/mol. The van der Waals surface area contributed by atoms with E-state index in [1.807, 2.05) is 6.07 Å². The summed E-state index contributed by atoms with van der Waals surface area (Å²) in [6.07, 6.45) is 2.17. The Morgan fingerprint density at radius 1 is 1.50 bits per heavy atom. The standard InChI is InChI=1S/C11H11FN2/c12-10-3-1-2-8(9(10)6-13)11(14)7-4-5-7/h1-3,7,11H,4-5,14H2. The van der Waals surface area contributed by atoms with E-state index in [0.29, 0.717) is 11.5 Å². The molecule has 0 aromatic heterocycles. The van der Waals surface area contributed by atoms with Crippen LogP contribution in [0.3, 0.4) is 0 Å². The molecule has 1 unspecified atom stereocenters. The van der Waals surface area contributed by atoms with E-state index < -0.39 is 5.82 Å². The molecule has 1 aromatic rings. The van der Waals surface area contributed by atoms with Crippen LogP contribution in [0.5, 0.6) is 0 Å². The van der Waals surface area contributed by atoms with Gasteiger partial charge in [-0.05, 0) is 30.4 Å². The highest BCUT2D eigenvalue weighted by Crippen LogP contribution is 2.40. The Labute approximate surface area is 82.1 Å². The molecule has 0 spiro atoms. The van der Waals surface area contributed by atoms with Crippen molar-refractivity contribution in [3.8, 4) is 6.07 Å². The second-order valence-electron chi connectivity index (χ2n) is 3.68. The van der Waals surface area contributed by atoms with Gasteiger partial charge in [-0.25, -0.2) is 4.39 Å². The quantitative estimate of drug-likeness (QED) is 0.776. The molecule has 2 N–H and O–H groups in total. The van der Waals surface area contributed by atoms with Crippen LogP contribution in [0.15, 0.2) is 18.2 Å². The van der Waals surface area contributed by atoms with Crippen LogP contribution < -0.4 is 5.73 Å². The molecule has 2 nitrogen and oxygen atoms in total. The van der Waals surface area contributed by atoms with E-state index in [1.165, 1.54) is 6.07 Å². The third-order valence-electron chi connectivity index (χ3n) is 2.65. The molecule has 2 rings (SSSR count). The molecule has 1 fully saturated rings. The van der Waals surface area contributed by atoms with E-state index >= 15 is 0 Å². The fourth-order valence-corrected chi connectivity index (χ4v) is 1.65. The van der Waals surface area contributed by atoms with Crippen LogP contribution in [0, 0.1) is 23.1 Å². The zero-order valence-corrected chi connectivity index (χ0v) is 7.70. The highest BCUT2D eigenvalue weighted by molar-refractivity contribution is 5.41. The van der Waals surface area contributed by atoms with E-state index in [1.54, 1.807) is 12.1 Å². The van der Waals surface area contributed by atoms with Crippen LogP contribution in [0.1, 0.15) is 30.0 Å². The average Bonchev–Trinajstić information content (AvgIpc) is 2.99. The smallest absolute Gasteiger partial charge is 0.141 e. The lowest BCUT2D eigenvalue weighted by molar-refractivity contribution is 0.597. The third-order valence-corrected chi connectivity index (χ3v) is 2.65. The van der Waals surface area contributed by atoms with Crippen molar-refractivity contribution in [1.82, 2.24) is 0 Å². The van der Waals surface area contributed by atoms with Crippen LogP contribution in [-0.2, 0) is 0 Å². The normalized spacial score (nSPS) is 17.5. The van der Waals surface area contributed by atoms with Crippen molar-refractivity contribution < 1.29 is 4.39 Å². The predicted molar refractivity (Wildman–Crippen MR) is 50.8 cm³/mol. The van der Waals surface area contributed by atoms with Crippen LogP contribution in [-0.4, -0.2) is 0 Å². The van der Waals surface area contributed by atoms with Crippen molar-refractivity contribution in [2.24, 2.45) is 11.7 Å². The third kappa shape index (κ3) is 1.49. The van der Waals surface area contributed by atoms with Gasteiger partial charge in [0.25, 0.3) is 0 Å². The summed E-state index contributed by atoms with van der Waals surface area (Å²) in [5, 5.41) is 8.80. The highest BCUT2D eigenvalue weighted by atomic mass is 19.1. The first-order valence-corrected chi connectivity index (χ1v) is 4.68. The van der Waals surface area contributed by atoms with Crippen LogP contribution in [0.25, 0.3) is 0 Å². The molecule has 0 amide bonds. The molecule has 0 aliphatic heterocycles. The molecule has 72 valence electrons. The van der Waals surface area contributed by atoms with Gasteiger partial charge in [-0.15, -0.1) is 0 Å². The SMILES string of the molecule is N#Cc1c(F)cccc1C(N)C1CC1. The number of benzene rings is 1. The molecule has 14 heavy (non-hydrogen) atoms. The summed E-state index contributed by atoms with van der Waals surface area (Å²) < 4.78 is 13.2. The van der Waals surface area contributed by atoms with E-state index in [-0.39, 0.29) is 11.6 Å². The second kappa shape index (κ2) is 3.39. The van der Waals surface area contributed by atoms with E-state index in [0.717, 1.165) is 12.8 Å². The zero-order valence-electron chi connectivity index (χ0n) is 7.70. The van der Waals surface area contributed by atoms with Crippen molar-refractivity contribution in [3.63, 3.8) is 0 Å². The Balaban J connectivity index is 2.41. The van der Waals surface area contributed by atoms with E-state index in [9.17, 15) is 4.39 Å². The summed E-state index contributed by atoms with van der Waals surface area (Å²) in [6, 6.07) is 6.33. The number of halogens is 1. The first-order valence-electron chi connectivity index (χ1n) is 4.68. The topological polar surface area (TPSA) is 49.8 Å². The van der Waals surface area contributed by atoms with E-state index in [2.05, 4.69) is 0 Å². The summed E-state index contributed by atoms with van der Waals surface area (Å²) >= 11 is 0. The molecule has 0 radical (unpaired) electrons. The van der Waals surface area contributed by atoms with Gasteiger partial charge in [-0.3, -0.25) is 0 Å². The molecule has 1 aromatic carbocycles. The summed E-state index contributed by atoms with van der Waals surface area (Å²) in [7, 11) is 0. The Morgan fingerprint density at radius 3 is 2.79 bits per heavy atom. The minimum atomic E-state index is -0.471. The summed E-state index contributed by atoms with van der Waals surface area (Å²) in [5.74, 6) is -0.0370. The fourth-order valence-electron chi connectivity index (χ4n) is 1.65. The largest absolute Gasteiger partial charge is 0.324 e. The molecule has 0 bridgehead atoms. The van der Waals surface area contributed by atoms with Gasteiger partial charge in [0, 0.05) is 6.04 Å². The highest BCUT2D eigenvalue weighted by Gasteiger charge is 2.31. The van der Waals surface area contributed by atoms with Crippen LogP contribution >= 0.6 is 0 Å². The number of nitrogens with two attached hydrogens (primary N) is 1. The fraction of sp³-hybridized carbons (Fsp3) is 0.364. The lowest BCUT2D eigenvalue weighted by atomic mass is 9.98. The van der Waals surface area contributed by atoms with Crippen molar-refractivity contribution in [3.05, 3.63) is 35.1 Å². The van der Waals surface area contributed by atoms with Crippen LogP contribution in [0.2, 0.25) is 0 Å². The number of hydrogen-bond acceptors (Lipinski definition) is 2. The summed E-state index contributed by atoms with van der Waals surface area (Å²) in [5.41, 5.74) is 6.68. The molecule has 1 atom stereocenters. The Hall–Kier alpha value is -1.40. The molecular formula is C11H11FN2. The maximum Gasteiger partial charge on any atom is 0.141 e. The molecule has 1 saturated carbocycles. The number of rotatable bonds is 2. The first kappa shape index (κ1) is 9.17. The lowest BCUT2D eigenvalue weighted by Crippen LogP contribution is -2.14. The van der Waals surface area contributed by atoms with E-state index in [4.69, 9.17) is 11.0 Å². The first-order chi connectivity index (χ1) is 6.74. The molecule has 0 saturated heterocycles. The minimum absolute atomic E-state index is 0.104. The molecular weight excluding hydrogens is 179 g/mol. The van der Waals surface area contributed by atoms with Gasteiger partial charge in [-0.2, -0.15) is 5.26 Å². The van der Waals surface area contributed by atoms with Crippen molar-refractivity contribution in [2.75, 3.05) is 0 Å². The molecule has 1 aliphatic rings. The summed E-state index contributed by atoms with van der Waals surface area (Å²) in [4.78, 5) is 0. The summed E-state index contributed by atoms with van der Waals surface area (Å²) in [6.45, 7) is 0. The Morgan fingerprint density at radius 2 is 2.21 bits per heavy atom. The molecule has 3 heteroatoms. The average molecular weight is 190 g/mol. The van der Waals surface area contributed by atoms with Gasteiger partial charge in [0.15, 0.2) is 0 Å². The maximum atomic E-state index is 13.2. The lowest BCUT2D eigenvalue weighted by Gasteiger charge is -2.12. The Kier molecular flexibility index (Phi) is 2.22. The van der Waals surface area contributed by atoms with Crippen LogP contribution in [0.4, 0.5) is 4.39 Å². The number of nitriles is 1. The van der Waals surface area contributed by atoms with Crippen molar-refractivity contribution in [2.45, 2.75) is 18.9 Å². The Bertz CT molecular complexity index is 391. The van der Waals surface area contributed by atoms with Crippen molar-refractivity contribution >= 4 is 0 Å². The van der Waals surface area contributed by atoms with Gasteiger partial charge >= 0.3 is 0 Å². The maximum absolute atomic E-state index is 13.2. The molecule has 1 aliphatic carbocycles. The number of nitrogens with zero attached hydrogens (tertiary/aromatic N) is 1. The molecule has 0 heterocycles. The predicted octanol–water partition coefficient (Wildman–Crippen LogP) is 2.11. The van der Waals surface area contributed by atoms with Gasteiger partial charge < -0.3 is 5.73 Å². The number of hydrogen-bond donors (Lipinski definition) is 1. The van der Waals surface area contributed by atoms with Gasteiger partial charge in [0.1, 0.15) is 11.9 Å². The zero-order chi connectivity index (χ0) is 10.1. The van der Waals surface area contributed by atoms with Gasteiger partial charge in [0.05, 0.1) is 5.56 Å². The van der Waals surface area contributed by atoms with Crippen molar-refractivity contribution in [1.29, 1.82) is 5.26 Å². The van der Waals surface area contributed by atoms with Gasteiger partial charge in [0.2, 0.25) is 0 Å².